The Kier molecular flexibility index (Phi) is 6.18. The Morgan fingerprint density at radius 2 is 1.87 bits per heavy atom. The minimum Gasteiger partial charge on any atom is -0.480 e. The molecule has 0 aliphatic carbocycles. The fourth-order valence-corrected chi connectivity index (χ4v) is 4.96. The van der Waals surface area contributed by atoms with E-state index in [9.17, 15) is 14.7 Å². The first-order valence-electron chi connectivity index (χ1n) is 9.58. The van der Waals surface area contributed by atoms with E-state index in [1.807, 2.05) is 41.3 Å². The molecular weight excluding hydrogens is 422 g/mol. The molecule has 2 aromatic carbocycles. The molecule has 3 aromatic rings. The van der Waals surface area contributed by atoms with Crippen molar-refractivity contribution in [1.29, 1.82) is 0 Å². The molecule has 30 heavy (non-hydrogen) atoms. The molecule has 0 fully saturated rings. The summed E-state index contributed by atoms with van der Waals surface area (Å²) in [6, 6.07) is 17.5. The lowest BCUT2D eigenvalue weighted by atomic mass is 10.0. The van der Waals surface area contributed by atoms with Crippen LogP contribution in [0.2, 0.25) is 5.02 Å². The van der Waals surface area contributed by atoms with E-state index in [2.05, 4.69) is 0 Å². The topological polar surface area (TPSA) is 66.8 Å². The Morgan fingerprint density at radius 1 is 1.13 bits per heavy atom. The Balaban J connectivity index is 1.48. The van der Waals surface area contributed by atoms with Gasteiger partial charge in [0.05, 0.1) is 6.42 Å². The highest BCUT2D eigenvalue weighted by molar-refractivity contribution is 7.14. The third kappa shape index (κ3) is 4.56. The summed E-state index contributed by atoms with van der Waals surface area (Å²) in [4.78, 5) is 27.3. The number of hydrogen-bond donors (Lipinski definition) is 1. The summed E-state index contributed by atoms with van der Waals surface area (Å²) in [5.41, 5.74) is 2.48. The molecule has 154 valence electrons. The number of nitrogens with zero attached hydrogens (tertiary/aromatic N) is 1. The minimum absolute atomic E-state index is 0.211. The van der Waals surface area contributed by atoms with E-state index >= 15 is 0 Å². The summed E-state index contributed by atoms with van der Waals surface area (Å²) in [5, 5.41) is 10.8. The van der Waals surface area contributed by atoms with Crippen molar-refractivity contribution in [1.82, 2.24) is 4.90 Å². The zero-order valence-corrected chi connectivity index (χ0v) is 17.7. The fourth-order valence-electron chi connectivity index (χ4n) is 3.69. The van der Waals surface area contributed by atoms with E-state index in [1.165, 1.54) is 11.3 Å². The normalized spacial score (nSPS) is 14.7. The third-order valence-corrected chi connectivity index (χ3v) is 6.54. The van der Waals surface area contributed by atoms with Crippen molar-refractivity contribution in [3.05, 3.63) is 87.3 Å². The SMILES string of the molecule is O=C(Cc1ccccc1)Oc1cc2c(s1)CCN(C(C(=O)O)c1ccccc1Cl)C2. The third-order valence-electron chi connectivity index (χ3n) is 5.08. The van der Waals surface area contributed by atoms with Crippen LogP contribution in [0.4, 0.5) is 0 Å². The van der Waals surface area contributed by atoms with Gasteiger partial charge in [0.15, 0.2) is 5.06 Å². The van der Waals surface area contributed by atoms with Gasteiger partial charge in [0.25, 0.3) is 0 Å². The molecule has 1 aliphatic heterocycles. The van der Waals surface area contributed by atoms with Crippen LogP contribution in [-0.4, -0.2) is 28.5 Å². The van der Waals surface area contributed by atoms with Crippen molar-refractivity contribution in [2.75, 3.05) is 6.54 Å². The zero-order valence-electron chi connectivity index (χ0n) is 16.1. The summed E-state index contributed by atoms with van der Waals surface area (Å²) in [6.45, 7) is 1.05. The first kappa shape index (κ1) is 20.6. The average molecular weight is 442 g/mol. The second-order valence-electron chi connectivity index (χ2n) is 7.13. The van der Waals surface area contributed by atoms with E-state index in [0.717, 1.165) is 16.0 Å². The molecule has 0 bridgehead atoms. The lowest BCUT2D eigenvalue weighted by molar-refractivity contribution is -0.144. The van der Waals surface area contributed by atoms with Crippen LogP contribution in [0.1, 0.15) is 27.6 Å². The smallest absolute Gasteiger partial charge is 0.325 e. The maximum atomic E-state index is 12.3. The van der Waals surface area contributed by atoms with Crippen LogP contribution in [0, 0.1) is 0 Å². The molecule has 0 amide bonds. The van der Waals surface area contributed by atoms with Crippen molar-refractivity contribution in [3.8, 4) is 5.06 Å². The molecule has 0 saturated carbocycles. The number of aliphatic carboxylic acids is 1. The summed E-state index contributed by atoms with van der Waals surface area (Å²) in [7, 11) is 0. The maximum absolute atomic E-state index is 12.3. The molecule has 0 radical (unpaired) electrons. The van der Waals surface area contributed by atoms with Gasteiger partial charge in [0, 0.05) is 23.0 Å². The molecule has 5 nitrogen and oxygen atoms in total. The number of halogens is 1. The lowest BCUT2D eigenvalue weighted by Crippen LogP contribution is -2.37. The van der Waals surface area contributed by atoms with Gasteiger partial charge in [-0.3, -0.25) is 14.5 Å². The summed E-state index contributed by atoms with van der Waals surface area (Å²) >= 11 is 7.72. The summed E-state index contributed by atoms with van der Waals surface area (Å²) < 4.78 is 5.54. The number of benzene rings is 2. The fraction of sp³-hybridized carbons (Fsp3) is 0.217. The quantitative estimate of drug-likeness (QED) is 0.560. The Morgan fingerprint density at radius 3 is 2.60 bits per heavy atom. The predicted octanol–water partition coefficient (Wildman–Crippen LogP) is 4.73. The van der Waals surface area contributed by atoms with Crippen LogP contribution in [-0.2, 0) is 29.0 Å². The Bertz CT molecular complexity index is 1070. The molecule has 1 aliphatic rings. The number of carboxylic acids is 1. The Labute approximate surface area is 183 Å². The second kappa shape index (κ2) is 9.00. The van der Waals surface area contributed by atoms with Crippen molar-refractivity contribution >= 4 is 34.9 Å². The number of carbonyl (C=O) groups is 2. The van der Waals surface area contributed by atoms with Gasteiger partial charge in [-0.2, -0.15) is 0 Å². The molecule has 4 rings (SSSR count). The van der Waals surface area contributed by atoms with Gasteiger partial charge < -0.3 is 9.84 Å². The van der Waals surface area contributed by atoms with Gasteiger partial charge in [-0.25, -0.2) is 0 Å². The van der Waals surface area contributed by atoms with Crippen molar-refractivity contribution < 1.29 is 19.4 Å². The molecule has 1 N–H and O–H groups in total. The average Bonchev–Trinajstić information content (AvgIpc) is 3.11. The van der Waals surface area contributed by atoms with Gasteiger partial charge in [0.2, 0.25) is 0 Å². The monoisotopic (exact) mass is 441 g/mol. The molecular formula is C23H20ClNO4S. The first-order valence-corrected chi connectivity index (χ1v) is 10.8. The second-order valence-corrected chi connectivity index (χ2v) is 8.64. The number of thiophene rings is 1. The number of hydrogen-bond acceptors (Lipinski definition) is 5. The van der Waals surface area contributed by atoms with Crippen LogP contribution < -0.4 is 4.74 Å². The number of carbonyl (C=O) groups excluding carboxylic acids is 1. The van der Waals surface area contributed by atoms with Crippen LogP contribution in [0.3, 0.4) is 0 Å². The van der Waals surface area contributed by atoms with Crippen molar-refractivity contribution in [3.63, 3.8) is 0 Å². The van der Waals surface area contributed by atoms with Gasteiger partial charge >= 0.3 is 11.9 Å². The largest absolute Gasteiger partial charge is 0.480 e. The van der Waals surface area contributed by atoms with Crippen LogP contribution in [0.5, 0.6) is 5.06 Å². The molecule has 0 spiro atoms. The van der Waals surface area contributed by atoms with Crippen LogP contribution in [0.25, 0.3) is 0 Å². The Hall–Kier alpha value is -2.67. The highest BCUT2D eigenvalue weighted by atomic mass is 35.5. The molecule has 1 atom stereocenters. The predicted molar refractivity (Wildman–Crippen MR) is 116 cm³/mol. The maximum Gasteiger partial charge on any atom is 0.325 e. The van der Waals surface area contributed by atoms with Crippen molar-refractivity contribution in [2.45, 2.75) is 25.4 Å². The first-order chi connectivity index (χ1) is 14.5. The minimum atomic E-state index is -0.934. The number of fused-ring (bicyclic) bond motifs is 1. The van der Waals surface area contributed by atoms with E-state index in [4.69, 9.17) is 16.3 Å². The number of carboxylic acid groups (broad SMARTS) is 1. The van der Waals surface area contributed by atoms with E-state index in [0.29, 0.717) is 35.2 Å². The van der Waals surface area contributed by atoms with Gasteiger partial charge in [-0.05, 0) is 35.2 Å². The van der Waals surface area contributed by atoms with E-state index in [1.54, 1.807) is 24.3 Å². The van der Waals surface area contributed by atoms with Crippen LogP contribution >= 0.6 is 22.9 Å². The van der Waals surface area contributed by atoms with E-state index < -0.39 is 12.0 Å². The summed E-state index contributed by atoms with van der Waals surface area (Å²) in [6.07, 6.45) is 0.910. The summed E-state index contributed by atoms with van der Waals surface area (Å²) in [5.74, 6) is -1.24. The van der Waals surface area contributed by atoms with Crippen molar-refractivity contribution in [2.24, 2.45) is 0 Å². The van der Waals surface area contributed by atoms with Gasteiger partial charge in [0.1, 0.15) is 6.04 Å². The number of ether oxygens (including phenoxy) is 1. The molecule has 2 heterocycles. The highest BCUT2D eigenvalue weighted by Crippen LogP contribution is 2.37. The molecule has 1 aromatic heterocycles. The highest BCUT2D eigenvalue weighted by Gasteiger charge is 2.32. The molecule has 1 unspecified atom stereocenters. The molecule has 7 heteroatoms. The number of esters is 1. The number of rotatable bonds is 6. The lowest BCUT2D eigenvalue weighted by Gasteiger charge is -2.32. The standard InChI is InChI=1S/C23H20ClNO4S/c24-18-9-5-4-8-17(18)22(23(27)28)25-11-10-19-16(14-25)13-21(30-19)29-20(26)12-15-6-2-1-3-7-15/h1-9,13,22H,10-12,14H2,(H,27,28). The van der Waals surface area contributed by atoms with Gasteiger partial charge in [-0.1, -0.05) is 60.1 Å². The van der Waals surface area contributed by atoms with E-state index in [-0.39, 0.29) is 12.4 Å². The molecule has 0 saturated heterocycles. The van der Waals surface area contributed by atoms with Crippen LogP contribution in [0.15, 0.2) is 60.7 Å². The zero-order chi connectivity index (χ0) is 21.1. The van der Waals surface area contributed by atoms with Gasteiger partial charge in [-0.15, -0.1) is 11.3 Å².